The van der Waals surface area contributed by atoms with E-state index in [1.807, 2.05) is 6.07 Å². The zero-order valence-electron chi connectivity index (χ0n) is 9.91. The Morgan fingerprint density at radius 2 is 2.11 bits per heavy atom. The molecule has 0 aliphatic carbocycles. The van der Waals surface area contributed by atoms with Gasteiger partial charge in [-0.05, 0) is 40.5 Å². The average molecular weight is 344 g/mol. The molecule has 2 aromatic heterocycles. The second kappa shape index (κ2) is 6.65. The van der Waals surface area contributed by atoms with Gasteiger partial charge >= 0.3 is 0 Å². The van der Waals surface area contributed by atoms with Gasteiger partial charge in [0.1, 0.15) is 0 Å². The highest BCUT2D eigenvalue weighted by atomic mass is 79.9. The van der Waals surface area contributed by atoms with E-state index in [2.05, 4.69) is 45.0 Å². The van der Waals surface area contributed by atoms with E-state index in [4.69, 9.17) is 5.73 Å². The van der Waals surface area contributed by atoms with Gasteiger partial charge < -0.3 is 5.73 Å². The van der Waals surface area contributed by atoms with Crippen molar-refractivity contribution in [2.45, 2.75) is 29.8 Å². The van der Waals surface area contributed by atoms with Gasteiger partial charge in [-0.2, -0.15) is 0 Å². The Labute approximate surface area is 123 Å². The molecule has 0 bridgehead atoms. The van der Waals surface area contributed by atoms with Crippen molar-refractivity contribution in [3.63, 3.8) is 0 Å². The van der Waals surface area contributed by atoms with Gasteiger partial charge in [-0.25, -0.2) is 9.97 Å². The molecule has 2 aromatic rings. The number of nitrogens with zero attached hydrogens (tertiary/aromatic N) is 2. The summed E-state index contributed by atoms with van der Waals surface area (Å²) in [6.45, 7) is 2.10. The SMILES string of the molecule is CCC(N)C(Sc1ncccn1)c1ccc(Br)s1. The Morgan fingerprint density at radius 1 is 1.39 bits per heavy atom. The molecule has 0 aromatic carbocycles. The smallest absolute Gasteiger partial charge is 0.188 e. The predicted molar refractivity (Wildman–Crippen MR) is 80.9 cm³/mol. The van der Waals surface area contributed by atoms with E-state index >= 15 is 0 Å². The van der Waals surface area contributed by atoms with Crippen LogP contribution >= 0.6 is 39.0 Å². The standard InChI is InChI=1S/C12H14BrN3S2/c1-2-8(14)11(9-4-5-10(13)17-9)18-12-15-6-3-7-16-12/h3-8,11H,2,14H2,1H3. The number of aromatic nitrogens is 2. The summed E-state index contributed by atoms with van der Waals surface area (Å²) < 4.78 is 1.13. The van der Waals surface area contributed by atoms with Gasteiger partial charge in [-0.15, -0.1) is 11.3 Å². The fourth-order valence-corrected chi connectivity index (χ4v) is 4.31. The van der Waals surface area contributed by atoms with Crippen LogP contribution in [0.2, 0.25) is 0 Å². The Kier molecular flexibility index (Phi) is 5.17. The number of rotatable bonds is 5. The summed E-state index contributed by atoms with van der Waals surface area (Å²) in [5, 5.41) is 0.977. The number of hydrogen-bond donors (Lipinski definition) is 1. The maximum Gasteiger partial charge on any atom is 0.188 e. The first-order valence-electron chi connectivity index (χ1n) is 5.65. The molecule has 2 N–H and O–H groups in total. The molecule has 2 rings (SSSR count). The van der Waals surface area contributed by atoms with E-state index in [0.717, 1.165) is 15.4 Å². The summed E-state index contributed by atoms with van der Waals surface area (Å²) in [5.74, 6) is 0. The van der Waals surface area contributed by atoms with E-state index in [1.165, 1.54) is 4.88 Å². The van der Waals surface area contributed by atoms with E-state index in [1.54, 1.807) is 35.5 Å². The number of hydrogen-bond acceptors (Lipinski definition) is 5. The number of thioether (sulfide) groups is 1. The van der Waals surface area contributed by atoms with Crippen molar-refractivity contribution in [2.75, 3.05) is 0 Å². The maximum atomic E-state index is 6.22. The summed E-state index contributed by atoms with van der Waals surface area (Å²) in [7, 11) is 0. The minimum Gasteiger partial charge on any atom is -0.326 e. The van der Waals surface area contributed by atoms with Gasteiger partial charge in [0.15, 0.2) is 5.16 Å². The van der Waals surface area contributed by atoms with Crippen LogP contribution in [0.5, 0.6) is 0 Å². The van der Waals surface area contributed by atoms with Crippen LogP contribution in [-0.2, 0) is 0 Å². The molecule has 6 heteroatoms. The average Bonchev–Trinajstić information content (AvgIpc) is 2.83. The topological polar surface area (TPSA) is 51.8 Å². The van der Waals surface area contributed by atoms with Gasteiger partial charge in [-0.1, -0.05) is 18.7 Å². The quantitative estimate of drug-likeness (QED) is 0.661. The zero-order valence-corrected chi connectivity index (χ0v) is 13.1. The van der Waals surface area contributed by atoms with Crippen LogP contribution in [0.1, 0.15) is 23.5 Å². The largest absolute Gasteiger partial charge is 0.326 e. The minimum absolute atomic E-state index is 0.101. The Morgan fingerprint density at radius 3 is 2.67 bits per heavy atom. The van der Waals surface area contributed by atoms with Crippen LogP contribution in [-0.4, -0.2) is 16.0 Å². The van der Waals surface area contributed by atoms with Crippen LogP contribution in [0, 0.1) is 0 Å². The first-order chi connectivity index (χ1) is 8.70. The third-order valence-electron chi connectivity index (χ3n) is 2.51. The molecule has 0 radical (unpaired) electrons. The molecule has 18 heavy (non-hydrogen) atoms. The number of halogens is 1. The normalized spacial score (nSPS) is 14.4. The van der Waals surface area contributed by atoms with Crippen LogP contribution < -0.4 is 5.73 Å². The molecular weight excluding hydrogens is 330 g/mol. The van der Waals surface area contributed by atoms with Gasteiger partial charge in [0.2, 0.25) is 0 Å². The Hall–Kier alpha value is -0.430. The first-order valence-corrected chi connectivity index (χ1v) is 8.14. The Balaban J connectivity index is 2.21. The van der Waals surface area contributed by atoms with Crippen molar-refractivity contribution in [3.05, 3.63) is 39.3 Å². The van der Waals surface area contributed by atoms with Gasteiger partial charge in [0.05, 0.1) is 9.04 Å². The van der Waals surface area contributed by atoms with Crippen molar-refractivity contribution in [2.24, 2.45) is 5.73 Å². The Bertz CT molecular complexity index is 489. The van der Waals surface area contributed by atoms with Gasteiger partial charge in [0.25, 0.3) is 0 Å². The lowest BCUT2D eigenvalue weighted by atomic mass is 10.1. The third kappa shape index (κ3) is 3.54. The molecule has 0 aliphatic heterocycles. The molecule has 0 amide bonds. The van der Waals surface area contributed by atoms with Crippen LogP contribution in [0.3, 0.4) is 0 Å². The van der Waals surface area contributed by atoms with Crippen molar-refractivity contribution in [1.29, 1.82) is 0 Å². The second-order valence-corrected chi connectivity index (χ2v) is 7.39. The summed E-state index contributed by atoms with van der Waals surface area (Å²) in [6, 6.07) is 6.09. The lowest BCUT2D eigenvalue weighted by molar-refractivity contribution is 0.638. The summed E-state index contributed by atoms with van der Waals surface area (Å²) in [4.78, 5) is 9.77. The van der Waals surface area contributed by atoms with Crippen LogP contribution in [0.4, 0.5) is 0 Å². The molecule has 0 aliphatic rings. The van der Waals surface area contributed by atoms with Crippen molar-refractivity contribution >= 4 is 39.0 Å². The maximum absolute atomic E-state index is 6.22. The molecule has 3 nitrogen and oxygen atoms in total. The van der Waals surface area contributed by atoms with E-state index in [0.29, 0.717) is 0 Å². The fraction of sp³-hybridized carbons (Fsp3) is 0.333. The summed E-state index contributed by atoms with van der Waals surface area (Å²) in [5.41, 5.74) is 6.22. The van der Waals surface area contributed by atoms with E-state index < -0.39 is 0 Å². The highest BCUT2D eigenvalue weighted by molar-refractivity contribution is 9.11. The van der Waals surface area contributed by atoms with Gasteiger partial charge in [0, 0.05) is 23.3 Å². The van der Waals surface area contributed by atoms with E-state index in [-0.39, 0.29) is 11.3 Å². The predicted octanol–water partition coefficient (Wildman–Crippen LogP) is 3.87. The highest BCUT2D eigenvalue weighted by Crippen LogP contribution is 2.40. The van der Waals surface area contributed by atoms with E-state index in [9.17, 15) is 0 Å². The molecule has 0 fully saturated rings. The zero-order chi connectivity index (χ0) is 13.0. The molecule has 2 unspecified atom stereocenters. The number of nitrogens with two attached hydrogens (primary N) is 1. The molecular formula is C12H14BrN3S2. The monoisotopic (exact) mass is 343 g/mol. The van der Waals surface area contributed by atoms with Crippen LogP contribution in [0.25, 0.3) is 0 Å². The molecule has 2 heterocycles. The summed E-state index contributed by atoms with van der Waals surface area (Å²) >= 11 is 6.84. The van der Waals surface area contributed by atoms with Crippen molar-refractivity contribution in [1.82, 2.24) is 9.97 Å². The van der Waals surface area contributed by atoms with Crippen molar-refractivity contribution < 1.29 is 0 Å². The molecule has 2 atom stereocenters. The molecule has 0 spiro atoms. The first kappa shape index (κ1) is 14.0. The van der Waals surface area contributed by atoms with Gasteiger partial charge in [-0.3, -0.25) is 0 Å². The third-order valence-corrected chi connectivity index (χ3v) is 5.64. The van der Waals surface area contributed by atoms with Crippen molar-refractivity contribution in [3.8, 4) is 0 Å². The molecule has 96 valence electrons. The second-order valence-electron chi connectivity index (χ2n) is 3.78. The lowest BCUT2D eigenvalue weighted by Gasteiger charge is -2.20. The fourth-order valence-electron chi connectivity index (χ4n) is 1.51. The minimum atomic E-state index is 0.101. The lowest BCUT2D eigenvalue weighted by Crippen LogP contribution is -2.25. The molecule has 0 saturated carbocycles. The van der Waals surface area contributed by atoms with Crippen LogP contribution in [0.15, 0.2) is 39.5 Å². The number of thiophene rings is 1. The molecule has 0 saturated heterocycles. The highest BCUT2D eigenvalue weighted by Gasteiger charge is 2.22. The summed E-state index contributed by atoms with van der Waals surface area (Å²) in [6.07, 6.45) is 4.45.